The number of benzene rings is 2. The lowest BCUT2D eigenvalue weighted by Gasteiger charge is -2.08. The first-order valence-electron chi connectivity index (χ1n) is 10.8. The number of hydrogen-bond donors (Lipinski definition) is 1. The first-order valence-corrected chi connectivity index (χ1v) is 10.8. The number of hydrogen-bond acceptors (Lipinski definition) is 2. The van der Waals surface area contributed by atoms with Gasteiger partial charge in [-0.3, -0.25) is 0 Å². The van der Waals surface area contributed by atoms with Crippen molar-refractivity contribution in [3.63, 3.8) is 0 Å². The van der Waals surface area contributed by atoms with Crippen LogP contribution in [0.2, 0.25) is 0 Å². The van der Waals surface area contributed by atoms with E-state index >= 15 is 0 Å². The Morgan fingerprint density at radius 1 is 0.857 bits per heavy atom. The summed E-state index contributed by atoms with van der Waals surface area (Å²) in [7, 11) is 0. The third-order valence-electron chi connectivity index (χ3n) is 5.62. The number of rotatable bonds is 12. The van der Waals surface area contributed by atoms with E-state index in [4.69, 9.17) is 4.74 Å². The van der Waals surface area contributed by atoms with Crippen molar-refractivity contribution in [3.05, 3.63) is 53.1 Å². The lowest BCUT2D eigenvalue weighted by Crippen LogP contribution is -1.98. The predicted molar refractivity (Wildman–Crippen MR) is 114 cm³/mol. The molecule has 0 heterocycles. The Kier molecular flexibility index (Phi) is 7.53. The monoisotopic (exact) mass is 380 g/mol. The molecule has 0 spiro atoms. The molecule has 0 aromatic heterocycles. The lowest BCUT2D eigenvalue weighted by atomic mass is 10.0. The largest absolute Gasteiger partial charge is 0.494 e. The Morgan fingerprint density at radius 2 is 1.46 bits per heavy atom. The van der Waals surface area contributed by atoms with Crippen LogP contribution in [-0.2, 0) is 6.42 Å². The van der Waals surface area contributed by atoms with E-state index < -0.39 is 5.97 Å². The van der Waals surface area contributed by atoms with Gasteiger partial charge in [-0.1, -0.05) is 70.4 Å². The van der Waals surface area contributed by atoms with Crippen LogP contribution in [-0.4, -0.2) is 17.7 Å². The van der Waals surface area contributed by atoms with Gasteiger partial charge in [0.25, 0.3) is 0 Å². The van der Waals surface area contributed by atoms with Crippen molar-refractivity contribution in [2.75, 3.05) is 6.61 Å². The van der Waals surface area contributed by atoms with Crippen LogP contribution < -0.4 is 4.74 Å². The van der Waals surface area contributed by atoms with Gasteiger partial charge in [0.1, 0.15) is 5.75 Å². The van der Waals surface area contributed by atoms with Crippen molar-refractivity contribution < 1.29 is 14.6 Å². The Morgan fingerprint density at radius 3 is 2.14 bits per heavy atom. The minimum atomic E-state index is -0.872. The van der Waals surface area contributed by atoms with Gasteiger partial charge in [-0.15, -0.1) is 0 Å². The van der Waals surface area contributed by atoms with Gasteiger partial charge in [0, 0.05) is 0 Å². The number of carboxylic acid groups (broad SMARTS) is 1. The fourth-order valence-corrected chi connectivity index (χ4v) is 4.01. The van der Waals surface area contributed by atoms with Crippen molar-refractivity contribution in [1.29, 1.82) is 0 Å². The molecule has 150 valence electrons. The summed E-state index contributed by atoms with van der Waals surface area (Å²) < 4.78 is 5.96. The molecular formula is C25H32O3. The highest BCUT2D eigenvalue weighted by Crippen LogP contribution is 2.38. The number of carbonyl (C=O) groups is 1. The molecule has 1 aliphatic carbocycles. The number of ether oxygens (including phenoxy) is 1. The van der Waals surface area contributed by atoms with E-state index in [1.165, 1.54) is 62.5 Å². The molecular weight excluding hydrogens is 348 g/mol. The van der Waals surface area contributed by atoms with Gasteiger partial charge in [-0.2, -0.15) is 0 Å². The molecule has 3 heteroatoms. The van der Waals surface area contributed by atoms with Gasteiger partial charge >= 0.3 is 5.97 Å². The van der Waals surface area contributed by atoms with E-state index in [1.807, 2.05) is 12.1 Å². The zero-order chi connectivity index (χ0) is 19.8. The normalized spacial score (nSPS) is 11.9. The average molecular weight is 381 g/mol. The highest BCUT2D eigenvalue weighted by atomic mass is 16.5. The van der Waals surface area contributed by atoms with Crippen LogP contribution in [0, 0.1) is 0 Å². The van der Waals surface area contributed by atoms with Crippen molar-refractivity contribution in [2.45, 2.75) is 71.1 Å². The first-order chi connectivity index (χ1) is 13.7. The molecule has 0 bridgehead atoms. The summed E-state index contributed by atoms with van der Waals surface area (Å²) in [6.07, 6.45) is 12.6. The topological polar surface area (TPSA) is 46.5 Å². The van der Waals surface area contributed by atoms with Crippen molar-refractivity contribution in [3.8, 4) is 16.9 Å². The van der Waals surface area contributed by atoms with Crippen LogP contribution in [0.4, 0.5) is 0 Å². The zero-order valence-corrected chi connectivity index (χ0v) is 17.0. The molecule has 2 aromatic rings. The molecule has 0 amide bonds. The van der Waals surface area contributed by atoms with Crippen LogP contribution in [0.5, 0.6) is 5.75 Å². The highest BCUT2D eigenvalue weighted by molar-refractivity contribution is 5.90. The molecule has 0 saturated heterocycles. The summed E-state index contributed by atoms with van der Waals surface area (Å²) in [5.41, 5.74) is 5.01. The zero-order valence-electron chi connectivity index (χ0n) is 17.0. The molecule has 0 unspecified atom stereocenters. The second-order valence-corrected chi connectivity index (χ2v) is 7.85. The maximum Gasteiger partial charge on any atom is 0.335 e. The molecule has 28 heavy (non-hydrogen) atoms. The van der Waals surface area contributed by atoms with Gasteiger partial charge in [0.15, 0.2) is 0 Å². The van der Waals surface area contributed by atoms with E-state index in [-0.39, 0.29) is 0 Å². The number of unbranched alkanes of at least 4 members (excludes halogenated alkanes) is 8. The molecule has 0 fully saturated rings. The Hall–Kier alpha value is -2.29. The van der Waals surface area contributed by atoms with Gasteiger partial charge in [-0.05, 0) is 59.4 Å². The predicted octanol–water partition coefficient (Wildman–Crippen LogP) is 6.87. The van der Waals surface area contributed by atoms with E-state index in [1.54, 1.807) is 12.1 Å². The summed E-state index contributed by atoms with van der Waals surface area (Å²) in [5.74, 6) is 0.0494. The van der Waals surface area contributed by atoms with Gasteiger partial charge in [0.05, 0.1) is 12.2 Å². The van der Waals surface area contributed by atoms with Crippen LogP contribution >= 0.6 is 0 Å². The summed E-state index contributed by atoms with van der Waals surface area (Å²) in [6.45, 7) is 3.03. The summed E-state index contributed by atoms with van der Waals surface area (Å²) in [5, 5.41) is 9.18. The lowest BCUT2D eigenvalue weighted by molar-refractivity contribution is 0.0697. The molecule has 0 aliphatic heterocycles. The SMILES string of the molecule is CCCCCCCCCCCOc1ccc2c(c1)Cc1cc(C(=O)O)ccc1-2. The fraction of sp³-hybridized carbons (Fsp3) is 0.480. The molecule has 0 radical (unpaired) electrons. The van der Waals surface area contributed by atoms with Gasteiger partial charge in [0.2, 0.25) is 0 Å². The average Bonchev–Trinajstić information content (AvgIpc) is 3.06. The molecule has 3 nitrogen and oxygen atoms in total. The van der Waals surface area contributed by atoms with Gasteiger partial charge in [-0.25, -0.2) is 4.79 Å². The number of fused-ring (bicyclic) bond motifs is 3. The summed E-state index contributed by atoms with van der Waals surface area (Å²) in [6, 6.07) is 11.7. The van der Waals surface area contributed by atoms with Crippen molar-refractivity contribution in [1.82, 2.24) is 0 Å². The van der Waals surface area contributed by atoms with E-state index in [0.29, 0.717) is 5.56 Å². The summed E-state index contributed by atoms with van der Waals surface area (Å²) in [4.78, 5) is 11.2. The second-order valence-electron chi connectivity index (χ2n) is 7.85. The van der Waals surface area contributed by atoms with E-state index in [2.05, 4.69) is 19.1 Å². The van der Waals surface area contributed by atoms with Crippen LogP contribution in [0.15, 0.2) is 36.4 Å². The minimum absolute atomic E-state index is 0.355. The molecule has 3 rings (SSSR count). The van der Waals surface area contributed by atoms with Crippen molar-refractivity contribution >= 4 is 5.97 Å². The molecule has 0 saturated carbocycles. The minimum Gasteiger partial charge on any atom is -0.494 e. The third-order valence-corrected chi connectivity index (χ3v) is 5.62. The third kappa shape index (κ3) is 5.37. The second kappa shape index (κ2) is 10.3. The van der Waals surface area contributed by atoms with E-state index in [9.17, 15) is 9.90 Å². The molecule has 2 aromatic carbocycles. The van der Waals surface area contributed by atoms with Crippen LogP contribution in [0.25, 0.3) is 11.1 Å². The Labute approximate surface area is 168 Å². The summed E-state index contributed by atoms with van der Waals surface area (Å²) >= 11 is 0. The number of carboxylic acids is 1. The first kappa shape index (κ1) is 20.4. The maximum atomic E-state index is 11.2. The fourth-order valence-electron chi connectivity index (χ4n) is 4.01. The van der Waals surface area contributed by atoms with Crippen molar-refractivity contribution in [2.24, 2.45) is 0 Å². The van der Waals surface area contributed by atoms with Crippen LogP contribution in [0.1, 0.15) is 86.2 Å². The quantitative estimate of drug-likeness (QED) is 0.349. The molecule has 0 atom stereocenters. The number of aromatic carboxylic acids is 1. The smallest absolute Gasteiger partial charge is 0.335 e. The molecule has 1 N–H and O–H groups in total. The molecule has 1 aliphatic rings. The standard InChI is InChI=1S/C25H32O3/c1-2-3-4-5-6-7-8-9-10-15-28-22-12-14-24-21(18-22)17-20-16-19(25(26)27)11-13-23(20)24/h11-14,16,18H,2-10,15,17H2,1H3,(H,26,27). The van der Waals surface area contributed by atoms with Crippen LogP contribution in [0.3, 0.4) is 0 Å². The highest BCUT2D eigenvalue weighted by Gasteiger charge is 2.20. The van der Waals surface area contributed by atoms with E-state index in [0.717, 1.165) is 36.3 Å². The van der Waals surface area contributed by atoms with Gasteiger partial charge < -0.3 is 9.84 Å². The Bertz CT molecular complexity index is 794. The Balaban J connectivity index is 1.40. The maximum absolute atomic E-state index is 11.2.